The molecular weight excluding hydrogens is 359 g/mol. The fourth-order valence-corrected chi connectivity index (χ4v) is 2.29. The molecule has 4 nitrogen and oxygen atoms in total. The molecule has 2 aromatic rings. The summed E-state index contributed by atoms with van der Waals surface area (Å²) in [5.74, 6) is 0.236. The van der Waals surface area contributed by atoms with Gasteiger partial charge in [0.1, 0.15) is 11.5 Å². The van der Waals surface area contributed by atoms with Gasteiger partial charge in [-0.15, -0.1) is 0 Å². The van der Waals surface area contributed by atoms with Gasteiger partial charge >= 0.3 is 5.97 Å². The predicted octanol–water partition coefficient (Wildman–Crippen LogP) is 3.74. The highest BCUT2D eigenvalue weighted by Crippen LogP contribution is 2.35. The van der Waals surface area contributed by atoms with Crippen LogP contribution in [0, 0.1) is 10.5 Å². The Hall–Kier alpha value is -1.50. The first-order chi connectivity index (χ1) is 9.06. The molecule has 1 N–H and O–H groups in total. The van der Waals surface area contributed by atoms with Crippen LogP contribution in [0.25, 0.3) is 11.3 Å². The Morgan fingerprint density at radius 1 is 1.53 bits per heavy atom. The maximum absolute atomic E-state index is 12.1. The van der Waals surface area contributed by atoms with Gasteiger partial charge in [-0.3, -0.25) is 0 Å². The van der Waals surface area contributed by atoms with Crippen LogP contribution in [-0.4, -0.2) is 17.7 Å². The molecule has 0 saturated carbocycles. The number of rotatable bonds is 3. The maximum atomic E-state index is 12.1. The van der Waals surface area contributed by atoms with Gasteiger partial charge in [0.15, 0.2) is 0 Å². The average molecular weight is 372 g/mol. The molecule has 0 radical (unpaired) electrons. The molecule has 5 heteroatoms. The molecule has 0 saturated heterocycles. The molecule has 0 aliphatic rings. The summed E-state index contributed by atoms with van der Waals surface area (Å²) < 4.78 is 11.0. The Kier molecular flexibility index (Phi) is 4.14. The van der Waals surface area contributed by atoms with Gasteiger partial charge in [0.05, 0.1) is 22.0 Å². The van der Waals surface area contributed by atoms with Gasteiger partial charge in [0, 0.05) is 5.56 Å². The molecule has 0 bridgehead atoms. The van der Waals surface area contributed by atoms with Crippen molar-refractivity contribution in [1.29, 1.82) is 0 Å². The summed E-state index contributed by atoms with van der Waals surface area (Å²) in [6.45, 7) is 3.83. The van der Waals surface area contributed by atoms with E-state index in [-0.39, 0.29) is 5.75 Å². The zero-order valence-electron chi connectivity index (χ0n) is 10.6. The van der Waals surface area contributed by atoms with E-state index in [4.69, 9.17) is 9.15 Å². The largest absolute Gasteiger partial charge is 0.507 e. The van der Waals surface area contributed by atoms with Crippen LogP contribution in [-0.2, 0) is 4.74 Å². The van der Waals surface area contributed by atoms with Crippen molar-refractivity contribution in [3.8, 4) is 17.1 Å². The van der Waals surface area contributed by atoms with Crippen molar-refractivity contribution in [3.63, 3.8) is 0 Å². The zero-order valence-corrected chi connectivity index (χ0v) is 12.7. The summed E-state index contributed by atoms with van der Waals surface area (Å²) in [6, 6.07) is 5.00. The Morgan fingerprint density at radius 2 is 2.26 bits per heavy atom. The van der Waals surface area contributed by atoms with Crippen molar-refractivity contribution in [2.45, 2.75) is 13.8 Å². The quantitative estimate of drug-likeness (QED) is 0.659. The topological polar surface area (TPSA) is 59.7 Å². The Labute approximate surface area is 124 Å². The van der Waals surface area contributed by atoms with Crippen LogP contribution in [0.2, 0.25) is 0 Å². The number of phenols is 1. The molecular formula is C14H13IO4. The highest BCUT2D eigenvalue weighted by molar-refractivity contribution is 14.1. The van der Waals surface area contributed by atoms with Crippen LogP contribution in [0.3, 0.4) is 0 Å². The minimum atomic E-state index is -0.413. The van der Waals surface area contributed by atoms with E-state index in [2.05, 4.69) is 0 Å². The van der Waals surface area contributed by atoms with Gasteiger partial charge in [-0.1, -0.05) is 0 Å². The number of halogens is 1. The first kappa shape index (κ1) is 13.9. The molecule has 0 atom stereocenters. The molecule has 0 aliphatic heterocycles. The molecule has 0 fully saturated rings. The van der Waals surface area contributed by atoms with Crippen molar-refractivity contribution < 1.29 is 19.1 Å². The number of esters is 1. The van der Waals surface area contributed by atoms with E-state index in [1.807, 2.05) is 22.6 Å². The summed E-state index contributed by atoms with van der Waals surface area (Å²) in [5, 5.41) is 9.91. The molecule has 0 unspecified atom stereocenters. The number of carbonyl (C=O) groups excluding carboxylic acids is 1. The van der Waals surface area contributed by atoms with Gasteiger partial charge in [-0.2, -0.15) is 0 Å². The lowest BCUT2D eigenvalue weighted by Gasteiger charge is -2.13. The van der Waals surface area contributed by atoms with E-state index in [0.29, 0.717) is 32.6 Å². The minimum absolute atomic E-state index is 0.123. The fourth-order valence-electron chi connectivity index (χ4n) is 1.87. The standard InChI is InChI=1S/C14H13IO4/c1-3-18-14(17)12-8(2)13(15)10(16)7-9(12)11-5-4-6-19-11/h4-7,16H,3H2,1-2H3. The first-order valence-corrected chi connectivity index (χ1v) is 6.87. The molecule has 2 rings (SSSR count). The summed E-state index contributed by atoms with van der Waals surface area (Å²) in [4.78, 5) is 12.1. The van der Waals surface area contributed by atoms with Crippen LogP contribution < -0.4 is 0 Å². The summed E-state index contributed by atoms with van der Waals surface area (Å²) in [7, 11) is 0. The van der Waals surface area contributed by atoms with Crippen molar-refractivity contribution in [2.24, 2.45) is 0 Å². The predicted molar refractivity (Wildman–Crippen MR) is 79.2 cm³/mol. The summed E-state index contributed by atoms with van der Waals surface area (Å²) >= 11 is 2.00. The van der Waals surface area contributed by atoms with Crippen LogP contribution in [0.15, 0.2) is 28.9 Å². The molecule has 1 aromatic heterocycles. The lowest BCUT2D eigenvalue weighted by molar-refractivity contribution is 0.0526. The third-order valence-corrected chi connectivity index (χ3v) is 4.11. The third kappa shape index (κ3) is 2.60. The van der Waals surface area contributed by atoms with Crippen molar-refractivity contribution >= 4 is 28.6 Å². The van der Waals surface area contributed by atoms with Gasteiger partial charge in [0.25, 0.3) is 0 Å². The number of hydrogen-bond acceptors (Lipinski definition) is 4. The van der Waals surface area contributed by atoms with Gasteiger partial charge in [-0.05, 0) is 60.2 Å². The zero-order chi connectivity index (χ0) is 14.0. The van der Waals surface area contributed by atoms with E-state index in [1.54, 1.807) is 26.0 Å². The Bertz CT molecular complexity index is 602. The van der Waals surface area contributed by atoms with Crippen molar-refractivity contribution in [3.05, 3.63) is 39.2 Å². The van der Waals surface area contributed by atoms with E-state index >= 15 is 0 Å². The van der Waals surface area contributed by atoms with Gasteiger partial charge in [-0.25, -0.2) is 4.79 Å². The molecule has 1 aromatic carbocycles. The second kappa shape index (κ2) is 5.64. The van der Waals surface area contributed by atoms with Crippen molar-refractivity contribution in [2.75, 3.05) is 6.61 Å². The van der Waals surface area contributed by atoms with Crippen LogP contribution >= 0.6 is 22.6 Å². The maximum Gasteiger partial charge on any atom is 0.339 e. The lowest BCUT2D eigenvalue weighted by Crippen LogP contribution is -2.09. The minimum Gasteiger partial charge on any atom is -0.507 e. The molecule has 0 aliphatic carbocycles. The number of benzene rings is 1. The molecule has 1 heterocycles. The number of hydrogen-bond donors (Lipinski definition) is 1. The summed E-state index contributed by atoms with van der Waals surface area (Å²) in [5.41, 5.74) is 1.66. The van der Waals surface area contributed by atoms with Gasteiger partial charge < -0.3 is 14.3 Å². The normalized spacial score (nSPS) is 10.5. The third-order valence-electron chi connectivity index (χ3n) is 2.75. The fraction of sp³-hybridized carbons (Fsp3) is 0.214. The second-order valence-corrected chi connectivity index (χ2v) is 5.03. The number of ether oxygens (including phenoxy) is 1. The highest BCUT2D eigenvalue weighted by Gasteiger charge is 2.22. The molecule has 19 heavy (non-hydrogen) atoms. The van der Waals surface area contributed by atoms with E-state index in [0.717, 1.165) is 0 Å². The van der Waals surface area contributed by atoms with Crippen LogP contribution in [0.4, 0.5) is 0 Å². The summed E-state index contributed by atoms with van der Waals surface area (Å²) in [6.07, 6.45) is 1.52. The highest BCUT2D eigenvalue weighted by atomic mass is 127. The van der Waals surface area contributed by atoms with E-state index in [9.17, 15) is 9.90 Å². The van der Waals surface area contributed by atoms with E-state index in [1.165, 1.54) is 12.3 Å². The first-order valence-electron chi connectivity index (χ1n) is 5.79. The molecule has 100 valence electrons. The number of phenolic OH excluding ortho intramolecular Hbond substituents is 1. The van der Waals surface area contributed by atoms with Crippen LogP contribution in [0.5, 0.6) is 5.75 Å². The van der Waals surface area contributed by atoms with E-state index < -0.39 is 5.97 Å². The molecule has 0 spiro atoms. The number of carbonyl (C=O) groups is 1. The Balaban J connectivity index is 2.68. The number of aromatic hydroxyl groups is 1. The van der Waals surface area contributed by atoms with Gasteiger partial charge in [0.2, 0.25) is 0 Å². The van der Waals surface area contributed by atoms with Crippen molar-refractivity contribution in [1.82, 2.24) is 0 Å². The monoisotopic (exact) mass is 372 g/mol. The smallest absolute Gasteiger partial charge is 0.339 e. The van der Waals surface area contributed by atoms with Crippen LogP contribution in [0.1, 0.15) is 22.8 Å². The SMILES string of the molecule is CCOC(=O)c1c(-c2ccco2)cc(O)c(I)c1C. The Morgan fingerprint density at radius 3 is 2.84 bits per heavy atom. The average Bonchev–Trinajstić information content (AvgIpc) is 2.89. The molecule has 0 amide bonds. The second-order valence-electron chi connectivity index (χ2n) is 3.96. The number of furan rings is 1. The lowest BCUT2D eigenvalue weighted by atomic mass is 9.99.